The van der Waals surface area contributed by atoms with Crippen LogP contribution in [0.25, 0.3) is 11.1 Å². The highest BCUT2D eigenvalue weighted by atomic mass is 35.5. The van der Waals surface area contributed by atoms with Crippen molar-refractivity contribution < 1.29 is 9.13 Å². The van der Waals surface area contributed by atoms with Crippen LogP contribution in [0.1, 0.15) is 5.56 Å². The molecule has 0 saturated carbocycles. The molecule has 5 heteroatoms. The number of ether oxygens (including phenoxy) is 1. The van der Waals surface area contributed by atoms with Crippen LogP contribution in [0.4, 0.5) is 4.39 Å². The van der Waals surface area contributed by atoms with Crippen molar-refractivity contribution in [3.05, 3.63) is 87.6 Å². The van der Waals surface area contributed by atoms with E-state index in [-0.39, 0.29) is 22.9 Å². The fraction of sp³-hybridized carbons (Fsp3) is 0.105. The fourth-order valence-electron chi connectivity index (χ4n) is 2.49. The third-order valence-electron chi connectivity index (χ3n) is 3.71. The van der Waals surface area contributed by atoms with Gasteiger partial charge in [0.1, 0.15) is 16.6 Å². The highest BCUT2D eigenvalue weighted by Crippen LogP contribution is 2.23. The van der Waals surface area contributed by atoms with E-state index in [1.807, 2.05) is 24.3 Å². The van der Waals surface area contributed by atoms with Gasteiger partial charge >= 0.3 is 0 Å². The molecule has 0 unspecified atom stereocenters. The molecule has 0 saturated heterocycles. The average molecular weight is 344 g/mol. The van der Waals surface area contributed by atoms with Gasteiger partial charge in [-0.15, -0.1) is 0 Å². The zero-order valence-electron chi connectivity index (χ0n) is 13.0. The number of rotatable bonds is 4. The summed E-state index contributed by atoms with van der Waals surface area (Å²) >= 11 is 6.09. The first-order chi connectivity index (χ1) is 11.6. The molecule has 122 valence electrons. The van der Waals surface area contributed by atoms with Gasteiger partial charge in [-0.3, -0.25) is 4.79 Å². The van der Waals surface area contributed by atoms with Crippen LogP contribution < -0.4 is 10.3 Å². The second-order valence-corrected chi connectivity index (χ2v) is 5.78. The Labute approximate surface area is 143 Å². The minimum absolute atomic E-state index is 0.125. The van der Waals surface area contributed by atoms with E-state index in [0.29, 0.717) is 5.56 Å². The molecule has 3 rings (SSSR count). The maximum atomic E-state index is 13.3. The molecule has 1 aromatic heterocycles. The number of benzene rings is 2. The predicted octanol–water partition coefficient (Wildman–Crippen LogP) is 4.36. The van der Waals surface area contributed by atoms with E-state index in [2.05, 4.69) is 0 Å². The van der Waals surface area contributed by atoms with Gasteiger partial charge in [0.25, 0.3) is 5.56 Å². The third kappa shape index (κ3) is 3.49. The molecule has 0 N–H and O–H groups in total. The SMILES string of the molecule is COc1ccc(-c2cc(Cl)c(=O)n(Cc3cccc(F)c3)c2)cc1. The van der Waals surface area contributed by atoms with Crippen LogP contribution in [0.3, 0.4) is 0 Å². The lowest BCUT2D eigenvalue weighted by Gasteiger charge is -2.10. The first-order valence-corrected chi connectivity index (χ1v) is 7.73. The minimum atomic E-state index is -0.335. The molecule has 3 nitrogen and oxygen atoms in total. The lowest BCUT2D eigenvalue weighted by Crippen LogP contribution is -2.20. The molecule has 0 aliphatic heterocycles. The van der Waals surface area contributed by atoms with Crippen LogP contribution in [0.2, 0.25) is 5.02 Å². The molecule has 2 aromatic carbocycles. The first-order valence-electron chi connectivity index (χ1n) is 7.35. The standard InChI is InChI=1S/C19H15ClFNO2/c1-24-17-7-5-14(6-8-17)15-10-18(20)19(23)22(12-15)11-13-3-2-4-16(21)9-13/h2-10,12H,11H2,1H3. The van der Waals surface area contributed by atoms with Gasteiger partial charge in [-0.05, 0) is 47.0 Å². The Morgan fingerprint density at radius 3 is 2.50 bits per heavy atom. The van der Waals surface area contributed by atoms with Gasteiger partial charge in [-0.2, -0.15) is 0 Å². The van der Waals surface area contributed by atoms with Crippen LogP contribution in [-0.2, 0) is 6.54 Å². The Morgan fingerprint density at radius 1 is 1.08 bits per heavy atom. The number of nitrogens with zero attached hydrogens (tertiary/aromatic N) is 1. The lowest BCUT2D eigenvalue weighted by atomic mass is 10.1. The Morgan fingerprint density at radius 2 is 1.83 bits per heavy atom. The average Bonchev–Trinajstić information content (AvgIpc) is 2.59. The summed E-state index contributed by atoms with van der Waals surface area (Å²) < 4.78 is 20.0. The Bertz CT molecular complexity index is 919. The van der Waals surface area contributed by atoms with Gasteiger partial charge in [0, 0.05) is 6.20 Å². The van der Waals surface area contributed by atoms with Gasteiger partial charge in [0.05, 0.1) is 13.7 Å². The molecule has 1 heterocycles. The highest BCUT2D eigenvalue weighted by molar-refractivity contribution is 6.30. The summed E-state index contributed by atoms with van der Waals surface area (Å²) in [5, 5.41) is 0.125. The molecule has 0 bridgehead atoms. The fourth-order valence-corrected chi connectivity index (χ4v) is 2.72. The summed E-state index contributed by atoms with van der Waals surface area (Å²) in [5.74, 6) is 0.413. The van der Waals surface area contributed by atoms with E-state index in [1.165, 1.54) is 16.7 Å². The van der Waals surface area contributed by atoms with Crippen molar-refractivity contribution in [2.75, 3.05) is 7.11 Å². The maximum absolute atomic E-state index is 13.3. The molecule has 24 heavy (non-hydrogen) atoms. The number of halogens is 2. The highest BCUT2D eigenvalue weighted by Gasteiger charge is 2.08. The number of aromatic nitrogens is 1. The number of methoxy groups -OCH3 is 1. The van der Waals surface area contributed by atoms with Gasteiger partial charge in [0.2, 0.25) is 0 Å². The van der Waals surface area contributed by atoms with E-state index in [0.717, 1.165) is 16.9 Å². The van der Waals surface area contributed by atoms with Crippen molar-refractivity contribution in [1.82, 2.24) is 4.57 Å². The van der Waals surface area contributed by atoms with Crippen LogP contribution >= 0.6 is 11.6 Å². The van der Waals surface area contributed by atoms with E-state index in [1.54, 1.807) is 31.5 Å². The van der Waals surface area contributed by atoms with Crippen molar-refractivity contribution in [3.63, 3.8) is 0 Å². The van der Waals surface area contributed by atoms with Gasteiger partial charge in [-0.1, -0.05) is 35.9 Å². The second kappa shape index (κ2) is 6.89. The zero-order chi connectivity index (χ0) is 17.1. The molecule has 0 radical (unpaired) electrons. The van der Waals surface area contributed by atoms with Crippen molar-refractivity contribution >= 4 is 11.6 Å². The topological polar surface area (TPSA) is 31.2 Å². The molecule has 0 amide bonds. The third-order valence-corrected chi connectivity index (χ3v) is 3.98. The van der Waals surface area contributed by atoms with Gasteiger partial charge in [-0.25, -0.2) is 4.39 Å². The molecular weight excluding hydrogens is 329 g/mol. The molecule has 0 aliphatic rings. The summed E-state index contributed by atoms with van der Waals surface area (Å²) in [4.78, 5) is 12.3. The summed E-state index contributed by atoms with van der Waals surface area (Å²) in [6.45, 7) is 0.250. The van der Waals surface area contributed by atoms with Crippen LogP contribution in [0, 0.1) is 5.82 Å². The lowest BCUT2D eigenvalue weighted by molar-refractivity contribution is 0.415. The summed E-state index contributed by atoms with van der Waals surface area (Å²) in [6.07, 6.45) is 1.72. The Balaban J connectivity index is 2.00. The summed E-state index contributed by atoms with van der Waals surface area (Å²) in [5.41, 5.74) is 2.10. The van der Waals surface area contributed by atoms with E-state index >= 15 is 0 Å². The van der Waals surface area contributed by atoms with Crippen LogP contribution in [-0.4, -0.2) is 11.7 Å². The molecule has 0 aliphatic carbocycles. The second-order valence-electron chi connectivity index (χ2n) is 5.37. The Hall–Kier alpha value is -2.59. The van der Waals surface area contributed by atoms with Crippen molar-refractivity contribution in [2.24, 2.45) is 0 Å². The number of hydrogen-bond acceptors (Lipinski definition) is 2. The van der Waals surface area contributed by atoms with E-state index < -0.39 is 0 Å². The normalized spacial score (nSPS) is 10.6. The Kier molecular flexibility index (Phi) is 4.67. The quantitative estimate of drug-likeness (QED) is 0.704. The maximum Gasteiger partial charge on any atom is 0.269 e. The molecule has 0 fully saturated rings. The van der Waals surface area contributed by atoms with Crippen LogP contribution in [0.15, 0.2) is 65.6 Å². The summed E-state index contributed by atoms with van der Waals surface area (Å²) in [6, 6.07) is 15.2. The van der Waals surface area contributed by atoms with Crippen molar-refractivity contribution in [1.29, 1.82) is 0 Å². The monoisotopic (exact) mass is 343 g/mol. The molecule has 3 aromatic rings. The summed E-state index contributed by atoms with van der Waals surface area (Å²) in [7, 11) is 1.60. The van der Waals surface area contributed by atoms with Gasteiger partial charge in [0.15, 0.2) is 0 Å². The molecule has 0 atom stereocenters. The largest absolute Gasteiger partial charge is 0.497 e. The van der Waals surface area contributed by atoms with Crippen molar-refractivity contribution in [3.8, 4) is 16.9 Å². The zero-order valence-corrected chi connectivity index (χ0v) is 13.8. The smallest absolute Gasteiger partial charge is 0.269 e. The number of pyridine rings is 1. The predicted molar refractivity (Wildman–Crippen MR) is 93.2 cm³/mol. The molecule has 0 spiro atoms. The van der Waals surface area contributed by atoms with Crippen LogP contribution in [0.5, 0.6) is 5.75 Å². The number of hydrogen-bond donors (Lipinski definition) is 0. The van der Waals surface area contributed by atoms with E-state index in [9.17, 15) is 9.18 Å². The molecular formula is C19H15ClFNO2. The minimum Gasteiger partial charge on any atom is -0.497 e. The first kappa shape index (κ1) is 16.3. The van der Waals surface area contributed by atoms with E-state index in [4.69, 9.17) is 16.3 Å². The van der Waals surface area contributed by atoms with Crippen molar-refractivity contribution in [2.45, 2.75) is 6.54 Å². The van der Waals surface area contributed by atoms with Gasteiger partial charge < -0.3 is 9.30 Å².